The Bertz CT molecular complexity index is 526. The SMILES string of the molecule is CCNC(Cc1cccc(F)c1)Cc1cc(Br)cs1. The summed E-state index contributed by atoms with van der Waals surface area (Å²) in [7, 11) is 0. The third kappa shape index (κ3) is 4.71. The monoisotopic (exact) mass is 341 g/mol. The molecule has 0 saturated carbocycles. The summed E-state index contributed by atoms with van der Waals surface area (Å²) in [6.07, 6.45) is 1.82. The average Bonchev–Trinajstić information content (AvgIpc) is 2.75. The molecule has 0 aliphatic heterocycles. The van der Waals surface area contributed by atoms with Gasteiger partial charge in [0, 0.05) is 20.8 Å². The molecule has 0 bridgehead atoms. The van der Waals surface area contributed by atoms with Crippen LogP contribution in [0.2, 0.25) is 0 Å². The van der Waals surface area contributed by atoms with E-state index in [-0.39, 0.29) is 5.82 Å². The van der Waals surface area contributed by atoms with Gasteiger partial charge in [0.15, 0.2) is 0 Å². The lowest BCUT2D eigenvalue weighted by molar-refractivity contribution is 0.522. The van der Waals surface area contributed by atoms with Crippen molar-refractivity contribution in [2.24, 2.45) is 0 Å². The quantitative estimate of drug-likeness (QED) is 0.820. The second-order valence-corrected chi connectivity index (χ2v) is 6.44. The number of hydrogen-bond acceptors (Lipinski definition) is 2. The second kappa shape index (κ2) is 7.17. The Morgan fingerprint density at radius 2 is 2.16 bits per heavy atom. The fourth-order valence-corrected chi connectivity index (χ4v) is 3.69. The van der Waals surface area contributed by atoms with Crippen LogP contribution in [-0.2, 0) is 12.8 Å². The van der Waals surface area contributed by atoms with Crippen LogP contribution in [-0.4, -0.2) is 12.6 Å². The number of benzene rings is 1. The molecule has 2 rings (SSSR count). The molecule has 1 unspecified atom stereocenters. The van der Waals surface area contributed by atoms with Crippen molar-refractivity contribution < 1.29 is 4.39 Å². The lowest BCUT2D eigenvalue weighted by Crippen LogP contribution is -2.32. The van der Waals surface area contributed by atoms with Crippen molar-refractivity contribution in [1.29, 1.82) is 0 Å². The van der Waals surface area contributed by atoms with E-state index in [1.807, 2.05) is 6.07 Å². The molecule has 1 nitrogen and oxygen atoms in total. The predicted molar refractivity (Wildman–Crippen MR) is 83.3 cm³/mol. The maximum absolute atomic E-state index is 13.2. The third-order valence-electron chi connectivity index (χ3n) is 2.93. The number of likely N-dealkylation sites (N-methyl/N-ethyl adjacent to an activating group) is 1. The van der Waals surface area contributed by atoms with Crippen molar-refractivity contribution in [2.75, 3.05) is 6.54 Å². The van der Waals surface area contributed by atoms with Crippen LogP contribution in [0.15, 0.2) is 40.2 Å². The van der Waals surface area contributed by atoms with E-state index in [1.54, 1.807) is 23.5 Å². The summed E-state index contributed by atoms with van der Waals surface area (Å²) < 4.78 is 14.3. The molecule has 0 radical (unpaired) electrons. The first-order valence-electron chi connectivity index (χ1n) is 6.38. The fourth-order valence-electron chi connectivity index (χ4n) is 2.16. The van der Waals surface area contributed by atoms with E-state index in [1.165, 1.54) is 10.9 Å². The molecule has 0 fully saturated rings. The molecule has 1 aromatic carbocycles. The smallest absolute Gasteiger partial charge is 0.123 e. The lowest BCUT2D eigenvalue weighted by atomic mass is 10.0. The van der Waals surface area contributed by atoms with Crippen LogP contribution in [0.4, 0.5) is 4.39 Å². The lowest BCUT2D eigenvalue weighted by Gasteiger charge is -2.17. The molecule has 1 aromatic heterocycles. The van der Waals surface area contributed by atoms with E-state index in [9.17, 15) is 4.39 Å². The summed E-state index contributed by atoms with van der Waals surface area (Å²) in [4.78, 5) is 1.34. The van der Waals surface area contributed by atoms with Gasteiger partial charge in [0.05, 0.1) is 0 Å². The van der Waals surface area contributed by atoms with Crippen LogP contribution in [0.5, 0.6) is 0 Å². The molecule has 0 amide bonds. The minimum absolute atomic E-state index is 0.161. The van der Waals surface area contributed by atoms with E-state index in [0.29, 0.717) is 6.04 Å². The Labute approximate surface area is 126 Å². The molecule has 0 spiro atoms. The largest absolute Gasteiger partial charge is 0.314 e. The van der Waals surface area contributed by atoms with E-state index in [4.69, 9.17) is 0 Å². The van der Waals surface area contributed by atoms with Gasteiger partial charge >= 0.3 is 0 Å². The predicted octanol–water partition coefficient (Wildman–Crippen LogP) is 4.41. The van der Waals surface area contributed by atoms with Crippen molar-refractivity contribution >= 4 is 27.3 Å². The number of nitrogens with one attached hydrogen (secondary N) is 1. The van der Waals surface area contributed by atoms with Crippen molar-refractivity contribution in [2.45, 2.75) is 25.8 Å². The Balaban J connectivity index is 2.03. The Kier molecular flexibility index (Phi) is 5.55. The van der Waals surface area contributed by atoms with E-state index < -0.39 is 0 Å². The van der Waals surface area contributed by atoms with Crippen LogP contribution in [0.1, 0.15) is 17.4 Å². The molecule has 1 heterocycles. The van der Waals surface area contributed by atoms with Crippen LogP contribution >= 0.6 is 27.3 Å². The van der Waals surface area contributed by atoms with Crippen molar-refractivity contribution in [3.63, 3.8) is 0 Å². The van der Waals surface area contributed by atoms with Gasteiger partial charge in [0.2, 0.25) is 0 Å². The number of rotatable bonds is 6. The molecule has 0 saturated heterocycles. The Morgan fingerprint density at radius 1 is 1.32 bits per heavy atom. The summed E-state index contributed by atoms with van der Waals surface area (Å²) in [6, 6.07) is 9.36. The maximum Gasteiger partial charge on any atom is 0.123 e. The summed E-state index contributed by atoms with van der Waals surface area (Å²) in [5.41, 5.74) is 1.04. The van der Waals surface area contributed by atoms with Gasteiger partial charge < -0.3 is 5.32 Å². The molecular formula is C15H17BrFNS. The van der Waals surface area contributed by atoms with E-state index in [0.717, 1.165) is 29.4 Å². The minimum atomic E-state index is -0.161. The van der Waals surface area contributed by atoms with Gasteiger partial charge in [-0.05, 0) is 59.1 Å². The fraction of sp³-hybridized carbons (Fsp3) is 0.333. The molecule has 19 heavy (non-hydrogen) atoms. The van der Waals surface area contributed by atoms with Gasteiger partial charge in [0.1, 0.15) is 5.82 Å². The van der Waals surface area contributed by atoms with Crippen LogP contribution in [0.3, 0.4) is 0 Å². The highest BCUT2D eigenvalue weighted by atomic mass is 79.9. The first-order valence-corrected chi connectivity index (χ1v) is 8.05. The van der Waals surface area contributed by atoms with Crippen molar-refractivity contribution in [3.8, 4) is 0 Å². The van der Waals surface area contributed by atoms with Gasteiger partial charge in [-0.2, -0.15) is 0 Å². The highest BCUT2D eigenvalue weighted by Gasteiger charge is 2.11. The summed E-state index contributed by atoms with van der Waals surface area (Å²) in [5, 5.41) is 5.57. The van der Waals surface area contributed by atoms with E-state index >= 15 is 0 Å². The normalized spacial score (nSPS) is 12.6. The number of thiophene rings is 1. The Hall–Kier alpha value is -0.710. The number of hydrogen-bond donors (Lipinski definition) is 1. The van der Waals surface area contributed by atoms with Crippen LogP contribution in [0, 0.1) is 5.82 Å². The van der Waals surface area contributed by atoms with Crippen molar-refractivity contribution in [3.05, 3.63) is 56.4 Å². The zero-order valence-electron chi connectivity index (χ0n) is 10.8. The standard InChI is InChI=1S/C15H17BrFNS/c1-2-18-14(9-15-8-12(16)10-19-15)7-11-4-3-5-13(17)6-11/h3-6,8,10,14,18H,2,7,9H2,1H3. The maximum atomic E-state index is 13.2. The van der Waals surface area contributed by atoms with Crippen LogP contribution in [0.25, 0.3) is 0 Å². The summed E-state index contributed by atoms with van der Waals surface area (Å²) in [6.45, 7) is 3.02. The molecular weight excluding hydrogens is 325 g/mol. The van der Waals surface area contributed by atoms with Crippen molar-refractivity contribution in [1.82, 2.24) is 5.32 Å². The summed E-state index contributed by atoms with van der Waals surface area (Å²) in [5.74, 6) is -0.161. The molecule has 102 valence electrons. The Morgan fingerprint density at radius 3 is 2.79 bits per heavy atom. The van der Waals surface area contributed by atoms with E-state index in [2.05, 4.69) is 39.6 Å². The molecule has 1 N–H and O–H groups in total. The molecule has 0 aliphatic carbocycles. The second-order valence-electron chi connectivity index (χ2n) is 4.52. The first kappa shape index (κ1) is 14.7. The highest BCUT2D eigenvalue weighted by molar-refractivity contribution is 9.10. The zero-order chi connectivity index (χ0) is 13.7. The van der Waals surface area contributed by atoms with Gasteiger partial charge in [-0.25, -0.2) is 4.39 Å². The summed E-state index contributed by atoms with van der Waals surface area (Å²) >= 11 is 5.23. The molecule has 4 heteroatoms. The zero-order valence-corrected chi connectivity index (χ0v) is 13.2. The third-order valence-corrected chi connectivity index (χ3v) is 4.65. The topological polar surface area (TPSA) is 12.0 Å². The first-order chi connectivity index (χ1) is 9.17. The minimum Gasteiger partial charge on any atom is -0.314 e. The average molecular weight is 342 g/mol. The number of halogens is 2. The van der Waals surface area contributed by atoms with Gasteiger partial charge in [0.25, 0.3) is 0 Å². The molecule has 2 aromatic rings. The molecule has 0 aliphatic rings. The van der Waals surface area contributed by atoms with Crippen LogP contribution < -0.4 is 5.32 Å². The highest BCUT2D eigenvalue weighted by Crippen LogP contribution is 2.22. The van der Waals surface area contributed by atoms with Gasteiger partial charge in [-0.15, -0.1) is 11.3 Å². The van der Waals surface area contributed by atoms with Gasteiger partial charge in [-0.3, -0.25) is 0 Å². The van der Waals surface area contributed by atoms with Gasteiger partial charge in [-0.1, -0.05) is 19.1 Å². The molecule has 1 atom stereocenters.